The molecule has 0 fully saturated rings. The molecular weight excluding hydrogens is 262 g/mol. The molecule has 92 valence electrons. The Bertz CT molecular complexity index is 440. The second kappa shape index (κ2) is 6.36. The van der Waals surface area contributed by atoms with Crippen molar-refractivity contribution in [3.05, 3.63) is 23.2 Å². The Labute approximate surface area is 108 Å². The second-order valence-corrected chi connectivity index (χ2v) is 4.77. The van der Waals surface area contributed by atoms with Crippen molar-refractivity contribution in [2.24, 2.45) is 5.73 Å². The Morgan fingerprint density at radius 1 is 1.41 bits per heavy atom. The first-order valence-electron chi connectivity index (χ1n) is 4.76. The van der Waals surface area contributed by atoms with E-state index in [0.717, 1.165) is 4.90 Å². The van der Waals surface area contributed by atoms with Gasteiger partial charge in [-0.05, 0) is 18.2 Å². The van der Waals surface area contributed by atoms with Crippen LogP contribution in [0.15, 0.2) is 23.1 Å². The van der Waals surface area contributed by atoms with E-state index < -0.39 is 11.9 Å². The minimum absolute atomic E-state index is 0.180. The molecule has 0 bridgehead atoms. The lowest BCUT2D eigenvalue weighted by Gasteiger charge is -2.05. The molecular formula is C10H12ClN3O2S. The summed E-state index contributed by atoms with van der Waals surface area (Å²) in [6.07, 6.45) is 0.180. The van der Waals surface area contributed by atoms with Gasteiger partial charge in [-0.25, -0.2) is 4.79 Å². The third-order valence-corrected chi connectivity index (χ3v) is 3.13. The molecule has 0 radical (unpaired) electrons. The number of carbonyl (C=O) groups is 2. The van der Waals surface area contributed by atoms with Crippen molar-refractivity contribution in [1.82, 2.24) is 5.32 Å². The van der Waals surface area contributed by atoms with Gasteiger partial charge in [0, 0.05) is 27.8 Å². The number of nitrogen functional groups attached to an aromatic ring is 1. The Kier molecular flexibility index (Phi) is 5.11. The average molecular weight is 274 g/mol. The van der Waals surface area contributed by atoms with E-state index in [-0.39, 0.29) is 6.42 Å². The molecule has 0 aliphatic carbocycles. The molecule has 0 saturated heterocycles. The molecule has 0 atom stereocenters. The highest BCUT2D eigenvalue weighted by Crippen LogP contribution is 2.28. The first kappa shape index (κ1) is 13.7. The van der Waals surface area contributed by atoms with Crippen molar-refractivity contribution in [2.75, 3.05) is 11.5 Å². The largest absolute Gasteiger partial charge is 0.398 e. The smallest absolute Gasteiger partial charge is 0.318 e. The maximum Gasteiger partial charge on any atom is 0.318 e. The number of nitrogens with one attached hydrogen (secondary N) is 1. The molecule has 0 spiro atoms. The van der Waals surface area contributed by atoms with Gasteiger partial charge in [-0.2, -0.15) is 0 Å². The highest BCUT2D eigenvalue weighted by Gasteiger charge is 2.06. The van der Waals surface area contributed by atoms with Gasteiger partial charge >= 0.3 is 6.03 Å². The molecule has 0 heterocycles. The van der Waals surface area contributed by atoms with E-state index in [1.54, 1.807) is 18.2 Å². The van der Waals surface area contributed by atoms with Crippen molar-refractivity contribution in [2.45, 2.75) is 11.3 Å². The van der Waals surface area contributed by atoms with E-state index in [9.17, 15) is 9.59 Å². The molecule has 17 heavy (non-hydrogen) atoms. The lowest BCUT2D eigenvalue weighted by Crippen LogP contribution is -2.35. The summed E-state index contributed by atoms with van der Waals surface area (Å²) in [5, 5.41) is 2.57. The number of imide groups is 1. The van der Waals surface area contributed by atoms with Crippen LogP contribution in [0.5, 0.6) is 0 Å². The summed E-state index contributed by atoms with van der Waals surface area (Å²) in [5.74, 6) is 0.0783. The Morgan fingerprint density at radius 2 is 2.12 bits per heavy atom. The summed E-state index contributed by atoms with van der Waals surface area (Å²) in [4.78, 5) is 22.3. The minimum Gasteiger partial charge on any atom is -0.398 e. The molecule has 1 rings (SSSR count). The van der Waals surface area contributed by atoms with Crippen molar-refractivity contribution in [3.63, 3.8) is 0 Å². The summed E-state index contributed by atoms with van der Waals surface area (Å²) in [6.45, 7) is 0. The molecule has 0 saturated carbocycles. The predicted molar refractivity (Wildman–Crippen MR) is 68.9 cm³/mol. The Hall–Kier alpha value is -1.40. The van der Waals surface area contributed by atoms with Crippen LogP contribution in [0.2, 0.25) is 5.02 Å². The number of carbonyl (C=O) groups excluding carboxylic acids is 2. The maximum absolute atomic E-state index is 11.1. The third kappa shape index (κ3) is 4.97. The fourth-order valence-electron chi connectivity index (χ4n) is 1.09. The molecule has 5 nitrogen and oxygen atoms in total. The molecule has 0 aliphatic heterocycles. The van der Waals surface area contributed by atoms with Gasteiger partial charge in [-0.1, -0.05) is 11.6 Å². The van der Waals surface area contributed by atoms with Crippen molar-refractivity contribution < 1.29 is 9.59 Å². The van der Waals surface area contributed by atoms with E-state index in [1.807, 2.05) is 5.32 Å². The van der Waals surface area contributed by atoms with Crippen LogP contribution in [-0.2, 0) is 4.79 Å². The Morgan fingerprint density at radius 3 is 2.76 bits per heavy atom. The molecule has 5 N–H and O–H groups in total. The summed E-state index contributed by atoms with van der Waals surface area (Å²) in [6, 6.07) is 4.28. The number of benzene rings is 1. The summed E-state index contributed by atoms with van der Waals surface area (Å²) in [5.41, 5.74) is 11.1. The monoisotopic (exact) mass is 273 g/mol. The second-order valence-electron chi connectivity index (χ2n) is 3.19. The lowest BCUT2D eigenvalue weighted by atomic mass is 10.3. The average Bonchev–Trinajstić information content (AvgIpc) is 2.22. The fourth-order valence-corrected chi connectivity index (χ4v) is 2.28. The normalized spacial score (nSPS) is 9.94. The zero-order chi connectivity index (χ0) is 12.8. The lowest BCUT2D eigenvalue weighted by molar-refractivity contribution is -0.119. The number of amides is 3. The predicted octanol–water partition coefficient (Wildman–Crippen LogP) is 1.60. The molecule has 7 heteroatoms. The number of hydrogen-bond acceptors (Lipinski definition) is 4. The topological polar surface area (TPSA) is 98.2 Å². The van der Waals surface area contributed by atoms with E-state index in [1.165, 1.54) is 11.8 Å². The van der Waals surface area contributed by atoms with Gasteiger partial charge in [-0.3, -0.25) is 10.1 Å². The van der Waals surface area contributed by atoms with E-state index in [0.29, 0.717) is 16.5 Å². The van der Waals surface area contributed by atoms with E-state index in [4.69, 9.17) is 23.1 Å². The molecule has 1 aromatic carbocycles. The van der Waals surface area contributed by atoms with Crippen LogP contribution in [0.25, 0.3) is 0 Å². The van der Waals surface area contributed by atoms with Gasteiger partial charge in [0.1, 0.15) is 0 Å². The minimum atomic E-state index is -0.845. The number of primary amides is 1. The highest BCUT2D eigenvalue weighted by atomic mass is 35.5. The first-order chi connectivity index (χ1) is 7.99. The van der Waals surface area contributed by atoms with Crippen LogP contribution < -0.4 is 16.8 Å². The van der Waals surface area contributed by atoms with Gasteiger partial charge < -0.3 is 11.5 Å². The van der Waals surface area contributed by atoms with Crippen LogP contribution in [0.3, 0.4) is 0 Å². The number of anilines is 1. The van der Waals surface area contributed by atoms with Gasteiger partial charge in [-0.15, -0.1) is 11.8 Å². The van der Waals surface area contributed by atoms with Gasteiger partial charge in [0.15, 0.2) is 0 Å². The number of urea groups is 1. The van der Waals surface area contributed by atoms with E-state index in [2.05, 4.69) is 0 Å². The van der Waals surface area contributed by atoms with Crippen LogP contribution in [0.4, 0.5) is 10.5 Å². The summed E-state index contributed by atoms with van der Waals surface area (Å²) in [7, 11) is 0. The zero-order valence-electron chi connectivity index (χ0n) is 8.90. The third-order valence-electron chi connectivity index (χ3n) is 1.82. The molecule has 0 aliphatic rings. The summed E-state index contributed by atoms with van der Waals surface area (Å²) >= 11 is 7.21. The van der Waals surface area contributed by atoms with Gasteiger partial charge in [0.25, 0.3) is 0 Å². The first-order valence-corrected chi connectivity index (χ1v) is 6.12. The van der Waals surface area contributed by atoms with Crippen molar-refractivity contribution >= 4 is 41.0 Å². The Balaban J connectivity index is 2.43. The van der Waals surface area contributed by atoms with Crippen molar-refractivity contribution in [1.29, 1.82) is 0 Å². The quantitative estimate of drug-likeness (QED) is 0.573. The fraction of sp³-hybridized carbons (Fsp3) is 0.200. The van der Waals surface area contributed by atoms with Crippen LogP contribution in [0, 0.1) is 0 Å². The van der Waals surface area contributed by atoms with Gasteiger partial charge in [0.2, 0.25) is 5.91 Å². The molecule has 0 unspecified atom stereocenters. The number of hydrogen-bond donors (Lipinski definition) is 3. The van der Waals surface area contributed by atoms with Crippen molar-refractivity contribution in [3.8, 4) is 0 Å². The van der Waals surface area contributed by atoms with Crippen LogP contribution in [-0.4, -0.2) is 17.7 Å². The standard InChI is InChI=1S/C10H12ClN3O2S/c11-6-1-2-7(12)8(5-6)17-4-3-9(15)14-10(13)16/h1-2,5H,3-4,12H2,(H3,13,14,15,16). The van der Waals surface area contributed by atoms with Gasteiger partial charge in [0.05, 0.1) is 0 Å². The SMILES string of the molecule is NC(=O)NC(=O)CCSc1cc(Cl)ccc1N. The number of thioether (sulfide) groups is 1. The zero-order valence-corrected chi connectivity index (χ0v) is 10.5. The maximum atomic E-state index is 11.1. The number of rotatable bonds is 4. The molecule has 1 aromatic rings. The molecule has 0 aromatic heterocycles. The molecule has 3 amide bonds. The van der Waals surface area contributed by atoms with E-state index >= 15 is 0 Å². The highest BCUT2D eigenvalue weighted by molar-refractivity contribution is 7.99. The summed E-state index contributed by atoms with van der Waals surface area (Å²) < 4.78 is 0. The van der Waals surface area contributed by atoms with Crippen LogP contribution in [0.1, 0.15) is 6.42 Å². The van der Waals surface area contributed by atoms with Crippen LogP contribution >= 0.6 is 23.4 Å². The number of nitrogens with two attached hydrogens (primary N) is 2. The number of halogens is 1.